The number of aromatic amines is 1. The van der Waals surface area contributed by atoms with Crippen molar-refractivity contribution in [3.8, 4) is 0 Å². The fourth-order valence-electron chi connectivity index (χ4n) is 5.35. The maximum atomic E-state index is 13.8. The van der Waals surface area contributed by atoms with Gasteiger partial charge in [-0.3, -0.25) is 14.4 Å². The van der Waals surface area contributed by atoms with Gasteiger partial charge in [-0.1, -0.05) is 98.8 Å². The maximum Gasteiger partial charge on any atom is 0.272 e. The number of fused-ring (bicyclic) bond motifs is 1. The van der Waals surface area contributed by atoms with E-state index in [-0.39, 0.29) is 11.6 Å². The summed E-state index contributed by atoms with van der Waals surface area (Å²) in [6, 6.07) is 41.3. The number of hydrogen-bond acceptors (Lipinski definition) is 4. The molecular weight excluding hydrogens is 629 g/mol. The Hall–Kier alpha value is -5.86. The van der Waals surface area contributed by atoms with E-state index in [1.165, 1.54) is 17.3 Å². The molecule has 6 aromatic rings. The summed E-state index contributed by atoms with van der Waals surface area (Å²) in [6.45, 7) is 4.27. The van der Waals surface area contributed by atoms with Crippen molar-refractivity contribution in [2.24, 2.45) is 0 Å². The molecule has 4 N–H and O–H groups in total. The van der Waals surface area contributed by atoms with E-state index >= 15 is 0 Å². The quantitative estimate of drug-likeness (QED) is 0.0819. The minimum atomic E-state index is -0.556. The number of aromatic nitrogens is 1. The average Bonchev–Trinajstić information content (AvgIpc) is 3.54. The number of H-pyrrole nitrogens is 1. The molecule has 8 heteroatoms. The van der Waals surface area contributed by atoms with Gasteiger partial charge >= 0.3 is 0 Å². The van der Waals surface area contributed by atoms with Gasteiger partial charge < -0.3 is 20.9 Å². The molecule has 49 heavy (non-hydrogen) atoms. The summed E-state index contributed by atoms with van der Waals surface area (Å²) >= 11 is 1.39. The standard InChI is InChI=1S/C41H36N4O3S/c1-27(2)28-20-22-32(23-21-28)43-41(48)38(29-12-5-3-6-13-29)49-34-17-11-16-33(25-34)44-40(47)37(45-39(46)30-14-7-4-8-15-30)24-31-26-42-36-19-10-9-18-35(31)36/h3-27,38,42H,1-2H3,(H,43,48)(H,44,47)(H,45,46)/b37-24-. The molecule has 1 aromatic heterocycles. The van der Waals surface area contributed by atoms with Gasteiger partial charge in [0.15, 0.2) is 0 Å². The van der Waals surface area contributed by atoms with Gasteiger partial charge in [-0.25, -0.2) is 0 Å². The van der Waals surface area contributed by atoms with Crippen LogP contribution in [0, 0.1) is 0 Å². The van der Waals surface area contributed by atoms with Gasteiger partial charge in [-0.15, -0.1) is 11.8 Å². The second kappa shape index (κ2) is 15.4. The second-order valence-corrected chi connectivity index (χ2v) is 13.0. The summed E-state index contributed by atoms with van der Waals surface area (Å²) in [5, 5.41) is 9.20. The van der Waals surface area contributed by atoms with Crippen LogP contribution in [-0.4, -0.2) is 22.7 Å². The zero-order valence-corrected chi connectivity index (χ0v) is 28.0. The summed E-state index contributed by atoms with van der Waals surface area (Å²) in [5.74, 6) is -0.651. The Kier molecular flexibility index (Phi) is 10.4. The van der Waals surface area contributed by atoms with Gasteiger partial charge in [0.1, 0.15) is 10.9 Å². The minimum Gasteiger partial charge on any atom is -0.361 e. The summed E-state index contributed by atoms with van der Waals surface area (Å²) in [6.07, 6.45) is 3.47. The lowest BCUT2D eigenvalue weighted by atomic mass is 10.0. The van der Waals surface area contributed by atoms with Crippen molar-refractivity contribution in [1.29, 1.82) is 0 Å². The largest absolute Gasteiger partial charge is 0.361 e. The minimum absolute atomic E-state index is 0.0849. The Balaban J connectivity index is 1.24. The Morgan fingerprint density at radius 2 is 1.39 bits per heavy atom. The fraction of sp³-hybridized carbons (Fsp3) is 0.0976. The maximum absolute atomic E-state index is 13.8. The van der Waals surface area contributed by atoms with Crippen LogP contribution in [0.25, 0.3) is 17.0 Å². The predicted octanol–water partition coefficient (Wildman–Crippen LogP) is 9.17. The van der Waals surface area contributed by atoms with E-state index in [1.54, 1.807) is 42.6 Å². The van der Waals surface area contributed by atoms with Crippen molar-refractivity contribution in [2.45, 2.75) is 29.9 Å². The van der Waals surface area contributed by atoms with Crippen molar-refractivity contribution in [1.82, 2.24) is 10.3 Å². The Bertz CT molecular complexity index is 2110. The summed E-state index contributed by atoms with van der Waals surface area (Å²) in [4.78, 5) is 44.7. The van der Waals surface area contributed by atoms with Crippen LogP contribution in [0.15, 0.2) is 150 Å². The first-order valence-electron chi connectivity index (χ1n) is 16.0. The smallest absolute Gasteiger partial charge is 0.272 e. The molecule has 0 saturated carbocycles. The number of thioether (sulfide) groups is 1. The van der Waals surface area contributed by atoms with Crippen molar-refractivity contribution in [3.05, 3.63) is 168 Å². The van der Waals surface area contributed by atoms with Gasteiger partial charge in [0.25, 0.3) is 11.8 Å². The van der Waals surface area contributed by atoms with Crippen LogP contribution in [0.3, 0.4) is 0 Å². The van der Waals surface area contributed by atoms with E-state index in [1.807, 2.05) is 103 Å². The van der Waals surface area contributed by atoms with Crippen LogP contribution in [0.4, 0.5) is 11.4 Å². The lowest BCUT2D eigenvalue weighted by Crippen LogP contribution is -2.30. The fourth-order valence-corrected chi connectivity index (χ4v) is 6.44. The van der Waals surface area contributed by atoms with Crippen LogP contribution < -0.4 is 16.0 Å². The predicted molar refractivity (Wildman–Crippen MR) is 199 cm³/mol. The molecular formula is C41H36N4O3S. The second-order valence-electron chi connectivity index (χ2n) is 11.8. The van der Waals surface area contributed by atoms with Gasteiger partial charge in [0.05, 0.1) is 0 Å². The number of anilines is 2. The van der Waals surface area contributed by atoms with Crippen LogP contribution in [0.2, 0.25) is 0 Å². The van der Waals surface area contributed by atoms with E-state index in [0.717, 1.165) is 32.6 Å². The third kappa shape index (κ3) is 8.36. The number of hydrogen-bond donors (Lipinski definition) is 4. The van der Waals surface area contributed by atoms with Crippen LogP contribution in [0.5, 0.6) is 0 Å². The number of benzene rings is 5. The highest BCUT2D eigenvalue weighted by Crippen LogP contribution is 2.37. The zero-order chi connectivity index (χ0) is 34.2. The normalized spacial score (nSPS) is 12.0. The molecule has 0 aliphatic rings. The molecule has 3 amide bonds. The van der Waals surface area contributed by atoms with E-state index < -0.39 is 17.1 Å². The molecule has 0 aliphatic heterocycles. The lowest BCUT2D eigenvalue weighted by Gasteiger charge is -2.18. The molecule has 6 rings (SSSR count). The molecule has 1 unspecified atom stereocenters. The van der Waals surface area contributed by atoms with Crippen molar-refractivity contribution in [2.75, 3.05) is 10.6 Å². The molecule has 0 aliphatic carbocycles. The third-order valence-electron chi connectivity index (χ3n) is 7.98. The van der Waals surface area contributed by atoms with E-state index in [0.29, 0.717) is 17.2 Å². The number of rotatable bonds is 11. The first-order valence-corrected chi connectivity index (χ1v) is 16.9. The number of para-hydroxylation sites is 1. The number of carbonyl (C=O) groups excluding carboxylic acids is 3. The molecule has 0 spiro atoms. The molecule has 1 heterocycles. The van der Waals surface area contributed by atoms with Crippen LogP contribution in [-0.2, 0) is 9.59 Å². The van der Waals surface area contributed by atoms with Gasteiger partial charge in [0, 0.05) is 44.5 Å². The SMILES string of the molecule is CC(C)c1ccc(NC(=O)C(Sc2cccc(NC(=O)/C(=C/c3c[nH]c4ccccc34)NC(=O)c3ccccc3)c2)c2ccccc2)cc1. The van der Waals surface area contributed by atoms with E-state index in [2.05, 4.69) is 34.8 Å². The van der Waals surface area contributed by atoms with Crippen LogP contribution in [0.1, 0.15) is 52.1 Å². The number of amides is 3. The highest BCUT2D eigenvalue weighted by Gasteiger charge is 2.23. The Morgan fingerprint density at radius 3 is 2.12 bits per heavy atom. The molecule has 5 aromatic carbocycles. The van der Waals surface area contributed by atoms with Crippen molar-refractivity contribution < 1.29 is 14.4 Å². The molecule has 0 radical (unpaired) electrons. The van der Waals surface area contributed by atoms with Crippen molar-refractivity contribution >= 4 is 57.8 Å². The Morgan fingerprint density at radius 1 is 0.694 bits per heavy atom. The molecule has 244 valence electrons. The third-order valence-corrected chi connectivity index (χ3v) is 9.23. The average molecular weight is 665 g/mol. The first kappa shape index (κ1) is 33.1. The van der Waals surface area contributed by atoms with Crippen LogP contribution >= 0.6 is 11.8 Å². The lowest BCUT2D eigenvalue weighted by molar-refractivity contribution is -0.116. The summed E-state index contributed by atoms with van der Waals surface area (Å²) < 4.78 is 0. The summed E-state index contributed by atoms with van der Waals surface area (Å²) in [5.41, 5.74) is 5.48. The monoisotopic (exact) mass is 664 g/mol. The zero-order valence-electron chi connectivity index (χ0n) is 27.1. The van der Waals surface area contributed by atoms with E-state index in [4.69, 9.17) is 0 Å². The Labute approximate surface area is 289 Å². The van der Waals surface area contributed by atoms with Gasteiger partial charge in [-0.05, 0) is 71.7 Å². The van der Waals surface area contributed by atoms with Crippen molar-refractivity contribution in [3.63, 3.8) is 0 Å². The molecule has 0 bridgehead atoms. The highest BCUT2D eigenvalue weighted by molar-refractivity contribution is 8.00. The number of nitrogens with one attached hydrogen (secondary N) is 4. The topological polar surface area (TPSA) is 103 Å². The first-order chi connectivity index (χ1) is 23.8. The molecule has 1 atom stereocenters. The summed E-state index contributed by atoms with van der Waals surface area (Å²) in [7, 11) is 0. The molecule has 7 nitrogen and oxygen atoms in total. The number of carbonyl (C=O) groups is 3. The van der Waals surface area contributed by atoms with Gasteiger partial charge in [0.2, 0.25) is 5.91 Å². The molecule has 0 fully saturated rings. The highest BCUT2D eigenvalue weighted by atomic mass is 32.2. The van der Waals surface area contributed by atoms with E-state index in [9.17, 15) is 14.4 Å². The van der Waals surface area contributed by atoms with Gasteiger partial charge in [-0.2, -0.15) is 0 Å². The molecule has 0 saturated heterocycles.